The van der Waals surface area contributed by atoms with Gasteiger partial charge in [0.05, 0.1) is 11.0 Å². The lowest BCUT2D eigenvalue weighted by molar-refractivity contribution is 0.513. The first-order valence-electron chi connectivity index (χ1n) is 5.54. The second-order valence-electron chi connectivity index (χ2n) is 5.26. The molecule has 102 valence electrons. The van der Waals surface area contributed by atoms with Crippen LogP contribution in [-0.4, -0.2) is 14.0 Å². The molecule has 1 fully saturated rings. The molecule has 0 saturated heterocycles. The smallest absolute Gasteiger partial charge is 0.207 e. The molecule has 1 aromatic rings. The second kappa shape index (κ2) is 4.45. The molecule has 0 spiro atoms. The first-order chi connectivity index (χ1) is 8.63. The van der Waals surface area contributed by atoms with Crippen LogP contribution in [0.5, 0.6) is 0 Å². The molecule has 1 aliphatic carbocycles. The van der Waals surface area contributed by atoms with Gasteiger partial charge in [0.25, 0.3) is 0 Å². The van der Waals surface area contributed by atoms with Crippen molar-refractivity contribution >= 4 is 37.6 Å². The summed E-state index contributed by atoms with van der Waals surface area (Å²) in [5.74, 6) is 0. The molecule has 1 aliphatic rings. The van der Waals surface area contributed by atoms with E-state index in [1.54, 1.807) is 12.1 Å². The Morgan fingerprint density at radius 3 is 2.53 bits per heavy atom. The van der Waals surface area contributed by atoms with Crippen LogP contribution < -0.4 is 4.72 Å². The SMILES string of the molecule is CC1(C)CC1(C#N)NS(=O)(=O)c1cc(Cl)ccc1Br. The fourth-order valence-corrected chi connectivity index (χ4v) is 4.67. The molecule has 0 aromatic heterocycles. The number of halogens is 2. The van der Waals surface area contributed by atoms with Gasteiger partial charge in [-0.15, -0.1) is 0 Å². The fraction of sp³-hybridized carbons (Fsp3) is 0.417. The van der Waals surface area contributed by atoms with Gasteiger partial charge in [0.1, 0.15) is 5.54 Å². The molecular weight excluding hydrogens is 352 g/mol. The lowest BCUT2D eigenvalue weighted by Gasteiger charge is -2.15. The number of hydrogen-bond donors (Lipinski definition) is 1. The van der Waals surface area contributed by atoms with Gasteiger partial charge in [0.2, 0.25) is 10.0 Å². The Labute approximate surface area is 125 Å². The van der Waals surface area contributed by atoms with Crippen molar-refractivity contribution in [3.8, 4) is 6.07 Å². The third-order valence-electron chi connectivity index (χ3n) is 3.42. The molecule has 0 radical (unpaired) electrons. The summed E-state index contributed by atoms with van der Waals surface area (Å²) in [5.41, 5.74) is -1.40. The zero-order valence-electron chi connectivity index (χ0n) is 10.4. The average Bonchev–Trinajstić information content (AvgIpc) is 2.83. The molecular formula is C12H12BrClN2O2S. The Morgan fingerprint density at radius 2 is 2.05 bits per heavy atom. The molecule has 1 saturated carbocycles. The molecule has 1 aromatic carbocycles. The van der Waals surface area contributed by atoms with Crippen molar-refractivity contribution in [1.82, 2.24) is 4.72 Å². The normalized spacial score (nSPS) is 24.8. The highest BCUT2D eigenvalue weighted by Gasteiger charge is 2.64. The molecule has 4 nitrogen and oxygen atoms in total. The van der Waals surface area contributed by atoms with E-state index in [9.17, 15) is 13.7 Å². The van der Waals surface area contributed by atoms with Gasteiger partial charge < -0.3 is 0 Å². The van der Waals surface area contributed by atoms with Crippen molar-refractivity contribution in [2.75, 3.05) is 0 Å². The van der Waals surface area contributed by atoms with E-state index in [0.717, 1.165) is 0 Å². The molecule has 2 rings (SSSR count). The van der Waals surface area contributed by atoms with E-state index in [4.69, 9.17) is 11.6 Å². The number of nitrogens with zero attached hydrogens (tertiary/aromatic N) is 1. The fourth-order valence-electron chi connectivity index (χ4n) is 1.97. The standard InChI is InChI=1S/C12H12BrClN2O2S/c1-11(2)6-12(11,7-15)16-19(17,18)10-5-8(14)3-4-9(10)13/h3-5,16H,6H2,1-2H3. The summed E-state index contributed by atoms with van der Waals surface area (Å²) in [5, 5.41) is 9.54. The molecule has 0 aliphatic heterocycles. The van der Waals surface area contributed by atoms with Crippen LogP contribution >= 0.6 is 27.5 Å². The van der Waals surface area contributed by atoms with E-state index >= 15 is 0 Å². The summed E-state index contributed by atoms with van der Waals surface area (Å²) in [6.07, 6.45) is 0.494. The first-order valence-corrected chi connectivity index (χ1v) is 8.19. The quantitative estimate of drug-likeness (QED) is 0.897. The van der Waals surface area contributed by atoms with Gasteiger partial charge in [0, 0.05) is 14.9 Å². The second-order valence-corrected chi connectivity index (χ2v) is 8.20. The van der Waals surface area contributed by atoms with Gasteiger partial charge in [-0.3, -0.25) is 0 Å². The predicted molar refractivity (Wildman–Crippen MR) is 76.2 cm³/mol. The minimum Gasteiger partial charge on any atom is -0.207 e. The van der Waals surface area contributed by atoms with Crippen LogP contribution in [0.2, 0.25) is 5.02 Å². The van der Waals surface area contributed by atoms with Gasteiger partial charge in [0.15, 0.2) is 0 Å². The van der Waals surface area contributed by atoms with E-state index in [-0.39, 0.29) is 10.3 Å². The van der Waals surface area contributed by atoms with E-state index in [1.165, 1.54) is 6.07 Å². The van der Waals surface area contributed by atoms with Crippen molar-refractivity contribution in [2.45, 2.75) is 30.7 Å². The van der Waals surface area contributed by atoms with Crippen LogP contribution in [0.1, 0.15) is 20.3 Å². The summed E-state index contributed by atoms with van der Waals surface area (Å²) in [6, 6.07) is 6.57. The molecule has 19 heavy (non-hydrogen) atoms. The molecule has 1 N–H and O–H groups in total. The number of benzene rings is 1. The number of sulfonamides is 1. The lowest BCUT2D eigenvalue weighted by Crippen LogP contribution is -2.39. The zero-order chi connectivity index (χ0) is 14.5. The van der Waals surface area contributed by atoms with E-state index in [2.05, 4.69) is 26.7 Å². The Kier molecular flexibility index (Phi) is 3.47. The summed E-state index contributed by atoms with van der Waals surface area (Å²) >= 11 is 9.01. The molecule has 7 heteroatoms. The Balaban J connectivity index is 2.40. The molecule has 1 unspecified atom stereocenters. The number of nitrogens with one attached hydrogen (secondary N) is 1. The van der Waals surface area contributed by atoms with Crippen LogP contribution in [-0.2, 0) is 10.0 Å². The van der Waals surface area contributed by atoms with Gasteiger partial charge in [-0.05, 0) is 40.5 Å². The van der Waals surface area contributed by atoms with Crippen LogP contribution in [0.3, 0.4) is 0 Å². The van der Waals surface area contributed by atoms with Gasteiger partial charge in [-0.25, -0.2) is 8.42 Å². The minimum atomic E-state index is -3.80. The maximum atomic E-state index is 12.4. The Bertz CT molecular complexity index is 681. The summed E-state index contributed by atoms with van der Waals surface area (Å²) < 4.78 is 27.6. The summed E-state index contributed by atoms with van der Waals surface area (Å²) in [6.45, 7) is 3.71. The molecule has 0 bridgehead atoms. The maximum absolute atomic E-state index is 12.4. The predicted octanol–water partition coefficient (Wildman–Crippen LogP) is 3.07. The highest BCUT2D eigenvalue weighted by Crippen LogP contribution is 2.55. The van der Waals surface area contributed by atoms with Gasteiger partial charge >= 0.3 is 0 Å². The summed E-state index contributed by atoms with van der Waals surface area (Å²) in [7, 11) is -3.80. The zero-order valence-corrected chi connectivity index (χ0v) is 13.5. The van der Waals surface area contributed by atoms with Crippen molar-refractivity contribution in [2.24, 2.45) is 5.41 Å². The number of nitriles is 1. The van der Waals surface area contributed by atoms with Crippen LogP contribution in [0.25, 0.3) is 0 Å². The van der Waals surface area contributed by atoms with Crippen LogP contribution in [0.15, 0.2) is 27.6 Å². The van der Waals surface area contributed by atoms with Gasteiger partial charge in [-0.1, -0.05) is 25.4 Å². The maximum Gasteiger partial charge on any atom is 0.243 e. The van der Waals surface area contributed by atoms with Crippen LogP contribution in [0.4, 0.5) is 0 Å². The largest absolute Gasteiger partial charge is 0.243 e. The number of rotatable bonds is 3. The molecule has 1 atom stereocenters. The molecule has 0 amide bonds. The van der Waals surface area contributed by atoms with Crippen molar-refractivity contribution in [1.29, 1.82) is 5.26 Å². The third-order valence-corrected chi connectivity index (χ3v) is 6.14. The van der Waals surface area contributed by atoms with E-state index in [1.807, 2.05) is 13.8 Å². The van der Waals surface area contributed by atoms with Crippen LogP contribution in [0, 0.1) is 16.7 Å². The average molecular weight is 364 g/mol. The summed E-state index contributed by atoms with van der Waals surface area (Å²) in [4.78, 5) is 0.0392. The van der Waals surface area contributed by atoms with Gasteiger partial charge in [-0.2, -0.15) is 9.98 Å². The van der Waals surface area contributed by atoms with Crippen molar-refractivity contribution in [3.05, 3.63) is 27.7 Å². The third kappa shape index (κ3) is 2.52. The van der Waals surface area contributed by atoms with E-state index in [0.29, 0.717) is 15.9 Å². The monoisotopic (exact) mass is 362 g/mol. The highest BCUT2D eigenvalue weighted by molar-refractivity contribution is 9.10. The van der Waals surface area contributed by atoms with E-state index < -0.39 is 15.6 Å². The Hall–Kier alpha value is -0.610. The number of hydrogen-bond acceptors (Lipinski definition) is 3. The first kappa shape index (κ1) is 14.8. The molecule has 0 heterocycles. The minimum absolute atomic E-state index is 0.0392. The van der Waals surface area contributed by atoms with Crippen molar-refractivity contribution < 1.29 is 8.42 Å². The highest BCUT2D eigenvalue weighted by atomic mass is 79.9. The van der Waals surface area contributed by atoms with Crippen molar-refractivity contribution in [3.63, 3.8) is 0 Å². The lowest BCUT2D eigenvalue weighted by atomic mass is 10.1. The Morgan fingerprint density at radius 1 is 1.47 bits per heavy atom. The topological polar surface area (TPSA) is 70.0 Å².